The van der Waals surface area contributed by atoms with E-state index < -0.39 is 0 Å². The standard InChI is InChI=1S/C9H20S4/c10-5-1-2-8(3-6-11)9(13)4-7-12/h8-13H,1-7H2. The van der Waals surface area contributed by atoms with E-state index in [4.69, 9.17) is 0 Å². The van der Waals surface area contributed by atoms with Crippen LogP contribution in [-0.2, 0) is 0 Å². The van der Waals surface area contributed by atoms with Gasteiger partial charge in [-0.05, 0) is 48.9 Å². The highest BCUT2D eigenvalue weighted by Crippen LogP contribution is 2.23. The van der Waals surface area contributed by atoms with Gasteiger partial charge in [0.2, 0.25) is 0 Å². The molecule has 0 spiro atoms. The minimum atomic E-state index is 0.490. The molecular weight excluding hydrogens is 236 g/mol. The molecule has 80 valence electrons. The first-order valence-corrected chi connectivity index (χ1v) is 7.18. The van der Waals surface area contributed by atoms with Crippen molar-refractivity contribution in [3.8, 4) is 0 Å². The summed E-state index contributed by atoms with van der Waals surface area (Å²) in [5.74, 6) is 3.56. The molecule has 0 saturated carbocycles. The fourth-order valence-electron chi connectivity index (χ4n) is 1.42. The van der Waals surface area contributed by atoms with Crippen LogP contribution < -0.4 is 0 Å². The van der Waals surface area contributed by atoms with Crippen molar-refractivity contribution in [3.63, 3.8) is 0 Å². The first-order valence-electron chi connectivity index (χ1n) is 4.76. The van der Waals surface area contributed by atoms with E-state index >= 15 is 0 Å². The topological polar surface area (TPSA) is 0 Å². The van der Waals surface area contributed by atoms with Crippen molar-refractivity contribution in [2.75, 3.05) is 17.3 Å². The first-order chi connectivity index (χ1) is 6.26. The van der Waals surface area contributed by atoms with Gasteiger partial charge < -0.3 is 0 Å². The molecule has 2 unspecified atom stereocenters. The highest BCUT2D eigenvalue weighted by atomic mass is 32.1. The lowest BCUT2D eigenvalue weighted by Gasteiger charge is -2.21. The van der Waals surface area contributed by atoms with Crippen LogP contribution in [0.25, 0.3) is 0 Å². The summed E-state index contributed by atoms with van der Waals surface area (Å²) in [5.41, 5.74) is 0. The second kappa shape index (κ2) is 9.94. The lowest BCUT2D eigenvalue weighted by Crippen LogP contribution is -2.16. The van der Waals surface area contributed by atoms with Gasteiger partial charge in [-0.2, -0.15) is 50.5 Å². The molecule has 0 aliphatic carbocycles. The van der Waals surface area contributed by atoms with E-state index in [0.717, 1.165) is 23.7 Å². The molecule has 0 heterocycles. The maximum atomic E-state index is 4.60. The predicted molar refractivity (Wildman–Crippen MR) is 76.3 cm³/mol. The van der Waals surface area contributed by atoms with E-state index in [1.165, 1.54) is 19.3 Å². The Balaban J connectivity index is 3.75. The fraction of sp³-hybridized carbons (Fsp3) is 1.00. The minimum absolute atomic E-state index is 0.490. The van der Waals surface area contributed by atoms with E-state index in [-0.39, 0.29) is 0 Å². The van der Waals surface area contributed by atoms with Gasteiger partial charge in [-0.25, -0.2) is 0 Å². The van der Waals surface area contributed by atoms with E-state index in [1.807, 2.05) is 0 Å². The van der Waals surface area contributed by atoms with Gasteiger partial charge in [0.15, 0.2) is 0 Å². The van der Waals surface area contributed by atoms with Crippen LogP contribution in [0.5, 0.6) is 0 Å². The second-order valence-electron chi connectivity index (χ2n) is 3.22. The SMILES string of the molecule is SCCCC(CCS)C(S)CCS. The summed E-state index contributed by atoms with van der Waals surface area (Å²) in [6, 6.07) is 0. The maximum Gasteiger partial charge on any atom is 0.00531 e. The molecule has 0 aromatic rings. The molecule has 13 heavy (non-hydrogen) atoms. The molecule has 0 saturated heterocycles. The molecule has 2 atom stereocenters. The van der Waals surface area contributed by atoms with Gasteiger partial charge in [-0.1, -0.05) is 0 Å². The van der Waals surface area contributed by atoms with Crippen molar-refractivity contribution in [3.05, 3.63) is 0 Å². The van der Waals surface area contributed by atoms with Crippen LogP contribution in [0.1, 0.15) is 25.7 Å². The molecule has 0 aliphatic heterocycles. The van der Waals surface area contributed by atoms with E-state index in [9.17, 15) is 0 Å². The summed E-state index contributed by atoms with van der Waals surface area (Å²) in [7, 11) is 0. The molecule has 0 bridgehead atoms. The smallest absolute Gasteiger partial charge is 0.00531 e. The molecule has 0 radical (unpaired) electrons. The molecule has 0 aromatic heterocycles. The Morgan fingerprint density at radius 1 is 0.769 bits per heavy atom. The Kier molecular flexibility index (Phi) is 11.0. The largest absolute Gasteiger partial charge is 0.179 e. The first kappa shape index (κ1) is 14.4. The van der Waals surface area contributed by atoms with Crippen LogP contribution in [0.2, 0.25) is 0 Å². The van der Waals surface area contributed by atoms with Gasteiger partial charge >= 0.3 is 0 Å². The zero-order valence-electron chi connectivity index (χ0n) is 7.89. The molecule has 0 N–H and O–H groups in total. The Hall–Kier alpha value is 1.40. The summed E-state index contributed by atoms with van der Waals surface area (Å²) < 4.78 is 0. The highest BCUT2D eigenvalue weighted by molar-refractivity contribution is 7.81. The highest BCUT2D eigenvalue weighted by Gasteiger charge is 2.15. The summed E-state index contributed by atoms with van der Waals surface area (Å²) in [6.07, 6.45) is 4.67. The lowest BCUT2D eigenvalue weighted by molar-refractivity contribution is 0.448. The Morgan fingerprint density at radius 3 is 1.85 bits per heavy atom. The molecule has 0 rings (SSSR count). The average Bonchev–Trinajstić information content (AvgIpc) is 2.12. The predicted octanol–water partition coefficient (Wildman–Crippen LogP) is 3.25. The van der Waals surface area contributed by atoms with Gasteiger partial charge in [0.1, 0.15) is 0 Å². The van der Waals surface area contributed by atoms with Crippen molar-refractivity contribution in [2.24, 2.45) is 5.92 Å². The Bertz CT molecular complexity index is 108. The molecule has 4 heteroatoms. The summed E-state index contributed by atoms with van der Waals surface area (Å²) in [6.45, 7) is 0. The Morgan fingerprint density at radius 2 is 1.38 bits per heavy atom. The van der Waals surface area contributed by atoms with Crippen molar-refractivity contribution < 1.29 is 0 Å². The molecular formula is C9H20S4. The van der Waals surface area contributed by atoms with Crippen molar-refractivity contribution >= 4 is 50.5 Å². The summed E-state index contributed by atoms with van der Waals surface area (Å²) in [4.78, 5) is 0. The molecule has 0 aromatic carbocycles. The zero-order valence-corrected chi connectivity index (χ0v) is 11.5. The van der Waals surface area contributed by atoms with Gasteiger partial charge in [-0.3, -0.25) is 0 Å². The molecule has 0 nitrogen and oxygen atoms in total. The van der Waals surface area contributed by atoms with Crippen molar-refractivity contribution in [1.82, 2.24) is 0 Å². The lowest BCUT2D eigenvalue weighted by atomic mass is 9.95. The quantitative estimate of drug-likeness (QED) is 0.471. The number of rotatable bonds is 8. The van der Waals surface area contributed by atoms with Gasteiger partial charge in [0, 0.05) is 5.25 Å². The van der Waals surface area contributed by atoms with Crippen LogP contribution in [-0.4, -0.2) is 22.5 Å². The van der Waals surface area contributed by atoms with E-state index in [2.05, 4.69) is 50.5 Å². The van der Waals surface area contributed by atoms with Crippen LogP contribution in [0.3, 0.4) is 0 Å². The number of hydrogen-bond acceptors (Lipinski definition) is 4. The van der Waals surface area contributed by atoms with E-state index in [0.29, 0.717) is 11.2 Å². The number of thiol groups is 4. The zero-order chi connectivity index (χ0) is 10.1. The normalized spacial score (nSPS) is 15.7. The van der Waals surface area contributed by atoms with Gasteiger partial charge in [0.25, 0.3) is 0 Å². The van der Waals surface area contributed by atoms with Crippen LogP contribution in [0.15, 0.2) is 0 Å². The minimum Gasteiger partial charge on any atom is -0.179 e. The maximum absolute atomic E-state index is 4.60. The molecule has 0 amide bonds. The third-order valence-electron chi connectivity index (χ3n) is 2.20. The van der Waals surface area contributed by atoms with Gasteiger partial charge in [0.05, 0.1) is 0 Å². The van der Waals surface area contributed by atoms with Crippen LogP contribution in [0.4, 0.5) is 0 Å². The van der Waals surface area contributed by atoms with E-state index in [1.54, 1.807) is 0 Å². The monoisotopic (exact) mass is 256 g/mol. The summed E-state index contributed by atoms with van der Waals surface area (Å²) >= 11 is 17.3. The third kappa shape index (κ3) is 7.34. The molecule has 0 fully saturated rings. The summed E-state index contributed by atoms with van der Waals surface area (Å²) in [5, 5.41) is 0.490. The molecule has 0 aliphatic rings. The fourth-order valence-corrected chi connectivity index (χ4v) is 2.84. The van der Waals surface area contributed by atoms with Crippen LogP contribution in [0, 0.1) is 5.92 Å². The van der Waals surface area contributed by atoms with Gasteiger partial charge in [-0.15, -0.1) is 0 Å². The second-order valence-corrected chi connectivity index (χ2v) is 5.22. The number of hydrogen-bond donors (Lipinski definition) is 4. The van der Waals surface area contributed by atoms with Crippen molar-refractivity contribution in [1.29, 1.82) is 0 Å². The van der Waals surface area contributed by atoms with Crippen LogP contribution >= 0.6 is 50.5 Å². The Labute approximate surface area is 104 Å². The average molecular weight is 257 g/mol. The third-order valence-corrected chi connectivity index (χ3v) is 3.71. The van der Waals surface area contributed by atoms with Crippen molar-refractivity contribution in [2.45, 2.75) is 30.9 Å².